The molecule has 1 aromatic heterocycles. The SMILES string of the molecule is CN1C(=O)[C@](O)(c2nnc(-c3ccccc3)o2)c2ccccc21. The van der Waals surface area contributed by atoms with Crippen molar-refractivity contribution in [3.63, 3.8) is 0 Å². The summed E-state index contributed by atoms with van der Waals surface area (Å²) in [5, 5.41) is 18.9. The van der Waals surface area contributed by atoms with Gasteiger partial charge >= 0.3 is 0 Å². The van der Waals surface area contributed by atoms with Gasteiger partial charge in [0.15, 0.2) is 0 Å². The Labute approximate surface area is 132 Å². The number of anilines is 1. The molecule has 0 bridgehead atoms. The summed E-state index contributed by atoms with van der Waals surface area (Å²) in [7, 11) is 1.60. The summed E-state index contributed by atoms with van der Waals surface area (Å²) in [6.07, 6.45) is 0. The Balaban J connectivity index is 1.85. The monoisotopic (exact) mass is 307 g/mol. The van der Waals surface area contributed by atoms with Crippen LogP contribution in [0.25, 0.3) is 11.5 Å². The number of nitrogens with zero attached hydrogens (tertiary/aromatic N) is 3. The molecule has 4 rings (SSSR count). The van der Waals surface area contributed by atoms with E-state index in [1.807, 2.05) is 30.3 Å². The summed E-state index contributed by atoms with van der Waals surface area (Å²) in [6.45, 7) is 0. The number of aliphatic hydroxyl groups is 1. The second-order valence-corrected chi connectivity index (χ2v) is 5.37. The van der Waals surface area contributed by atoms with E-state index in [4.69, 9.17) is 4.42 Å². The van der Waals surface area contributed by atoms with Gasteiger partial charge in [-0.05, 0) is 18.2 Å². The molecule has 0 unspecified atom stereocenters. The molecule has 1 amide bonds. The molecule has 6 heteroatoms. The van der Waals surface area contributed by atoms with Gasteiger partial charge in [-0.25, -0.2) is 0 Å². The van der Waals surface area contributed by atoms with Crippen molar-refractivity contribution in [1.29, 1.82) is 0 Å². The van der Waals surface area contributed by atoms with Gasteiger partial charge in [0.1, 0.15) is 0 Å². The van der Waals surface area contributed by atoms with Crippen molar-refractivity contribution < 1.29 is 14.3 Å². The van der Waals surface area contributed by atoms with Gasteiger partial charge in [-0.15, -0.1) is 10.2 Å². The third-order valence-electron chi connectivity index (χ3n) is 4.02. The van der Waals surface area contributed by atoms with Crippen molar-refractivity contribution in [2.45, 2.75) is 5.60 Å². The van der Waals surface area contributed by atoms with Crippen LogP contribution >= 0.6 is 0 Å². The number of fused-ring (bicyclic) bond motifs is 1. The highest BCUT2D eigenvalue weighted by molar-refractivity contribution is 6.08. The molecule has 0 aliphatic carbocycles. The van der Waals surface area contributed by atoms with Crippen LogP contribution in [0.4, 0.5) is 5.69 Å². The van der Waals surface area contributed by atoms with Crippen molar-refractivity contribution in [3.8, 4) is 11.5 Å². The molecule has 0 saturated carbocycles. The Morgan fingerprint density at radius 1 is 1.04 bits per heavy atom. The van der Waals surface area contributed by atoms with Gasteiger partial charge in [-0.2, -0.15) is 0 Å². The van der Waals surface area contributed by atoms with E-state index in [2.05, 4.69) is 10.2 Å². The Morgan fingerprint density at radius 3 is 2.52 bits per heavy atom. The number of hydrogen-bond donors (Lipinski definition) is 1. The van der Waals surface area contributed by atoms with Crippen LogP contribution in [-0.2, 0) is 10.4 Å². The van der Waals surface area contributed by atoms with E-state index in [0.29, 0.717) is 11.3 Å². The lowest BCUT2D eigenvalue weighted by atomic mass is 9.95. The van der Waals surface area contributed by atoms with Crippen LogP contribution in [0.1, 0.15) is 11.5 Å². The number of aromatic nitrogens is 2. The molecule has 1 aliphatic heterocycles. The largest absolute Gasteiger partial charge is 0.417 e. The molecule has 2 aromatic carbocycles. The maximum atomic E-state index is 12.6. The molecule has 0 fully saturated rings. The fourth-order valence-corrected chi connectivity index (χ4v) is 2.81. The number of amides is 1. The number of hydrogen-bond acceptors (Lipinski definition) is 5. The molecule has 3 aromatic rings. The Hall–Kier alpha value is -2.99. The minimum absolute atomic E-state index is 0.127. The Bertz CT molecular complexity index is 891. The smallest absolute Gasteiger partial charge is 0.273 e. The zero-order chi connectivity index (χ0) is 16.0. The third kappa shape index (κ3) is 1.82. The van der Waals surface area contributed by atoms with Crippen molar-refractivity contribution in [3.05, 3.63) is 66.1 Å². The molecule has 2 heterocycles. The van der Waals surface area contributed by atoms with Gasteiger partial charge in [0.2, 0.25) is 11.5 Å². The molecule has 0 radical (unpaired) electrons. The average molecular weight is 307 g/mol. The predicted octanol–water partition coefficient (Wildman–Crippen LogP) is 1.95. The van der Waals surface area contributed by atoms with Crippen LogP contribution < -0.4 is 4.90 Å². The molecular weight excluding hydrogens is 294 g/mol. The van der Waals surface area contributed by atoms with E-state index in [0.717, 1.165) is 5.56 Å². The van der Waals surface area contributed by atoms with Gasteiger partial charge in [0.05, 0.1) is 5.69 Å². The standard InChI is InChI=1S/C17H13N3O3/c1-20-13-10-6-5-9-12(13)17(22,16(20)21)15-19-18-14(23-15)11-7-3-2-4-8-11/h2-10,22H,1H3/t17-/m1/s1. The fraction of sp³-hybridized carbons (Fsp3) is 0.118. The van der Waals surface area contributed by atoms with Gasteiger partial charge in [-0.1, -0.05) is 36.4 Å². The van der Waals surface area contributed by atoms with Crippen LogP contribution in [0.5, 0.6) is 0 Å². The highest BCUT2D eigenvalue weighted by Crippen LogP contribution is 2.43. The Kier molecular flexibility index (Phi) is 2.82. The first-order chi connectivity index (χ1) is 11.1. The molecule has 23 heavy (non-hydrogen) atoms. The maximum Gasteiger partial charge on any atom is 0.273 e. The predicted molar refractivity (Wildman–Crippen MR) is 82.6 cm³/mol. The van der Waals surface area contributed by atoms with Gasteiger partial charge in [0, 0.05) is 18.2 Å². The number of likely N-dealkylation sites (N-methyl/N-ethyl adjacent to an activating group) is 1. The Morgan fingerprint density at radius 2 is 1.74 bits per heavy atom. The van der Waals surface area contributed by atoms with Crippen LogP contribution in [0.15, 0.2) is 59.0 Å². The van der Waals surface area contributed by atoms with E-state index in [9.17, 15) is 9.90 Å². The second-order valence-electron chi connectivity index (χ2n) is 5.37. The van der Waals surface area contributed by atoms with Gasteiger partial charge in [-0.3, -0.25) is 4.79 Å². The fourth-order valence-electron chi connectivity index (χ4n) is 2.81. The maximum absolute atomic E-state index is 12.6. The highest BCUT2D eigenvalue weighted by atomic mass is 16.4. The number of carbonyl (C=O) groups is 1. The lowest BCUT2D eigenvalue weighted by Crippen LogP contribution is -2.39. The average Bonchev–Trinajstić information content (AvgIpc) is 3.17. The minimum atomic E-state index is -1.95. The molecule has 6 nitrogen and oxygen atoms in total. The molecule has 0 saturated heterocycles. The molecule has 1 atom stereocenters. The van der Waals surface area contributed by atoms with Crippen LogP contribution in [0.3, 0.4) is 0 Å². The van der Waals surface area contributed by atoms with Crippen molar-refractivity contribution >= 4 is 11.6 Å². The summed E-state index contributed by atoms with van der Waals surface area (Å²) in [5.41, 5.74) is -0.164. The van der Waals surface area contributed by atoms with Gasteiger partial charge in [0.25, 0.3) is 11.8 Å². The van der Waals surface area contributed by atoms with Crippen molar-refractivity contribution in [2.24, 2.45) is 0 Å². The first-order valence-electron chi connectivity index (χ1n) is 7.12. The van der Waals surface area contributed by atoms with E-state index < -0.39 is 11.5 Å². The summed E-state index contributed by atoms with van der Waals surface area (Å²) >= 11 is 0. The normalized spacial score (nSPS) is 19.9. The van der Waals surface area contributed by atoms with E-state index in [1.54, 1.807) is 31.3 Å². The van der Waals surface area contributed by atoms with E-state index >= 15 is 0 Å². The molecule has 1 N–H and O–H groups in total. The first-order valence-corrected chi connectivity index (χ1v) is 7.12. The number of rotatable bonds is 2. The summed E-state index contributed by atoms with van der Waals surface area (Å²) in [5.74, 6) is -0.381. The quantitative estimate of drug-likeness (QED) is 0.783. The topological polar surface area (TPSA) is 79.5 Å². The lowest BCUT2D eigenvalue weighted by molar-refractivity contribution is -0.133. The number of benzene rings is 2. The number of para-hydroxylation sites is 1. The zero-order valence-electron chi connectivity index (χ0n) is 12.3. The van der Waals surface area contributed by atoms with Crippen molar-refractivity contribution in [2.75, 3.05) is 11.9 Å². The third-order valence-corrected chi connectivity index (χ3v) is 4.02. The van der Waals surface area contributed by atoms with E-state index in [1.165, 1.54) is 4.90 Å². The molecule has 114 valence electrons. The molecule has 1 aliphatic rings. The van der Waals surface area contributed by atoms with E-state index in [-0.39, 0.29) is 11.8 Å². The second kappa shape index (κ2) is 4.76. The van der Waals surface area contributed by atoms with Crippen molar-refractivity contribution in [1.82, 2.24) is 10.2 Å². The van der Waals surface area contributed by atoms with Crippen LogP contribution in [-0.4, -0.2) is 28.3 Å². The summed E-state index contributed by atoms with van der Waals surface area (Å²) in [4.78, 5) is 14.0. The molecule has 0 spiro atoms. The summed E-state index contributed by atoms with van der Waals surface area (Å²) in [6, 6.07) is 16.2. The zero-order valence-corrected chi connectivity index (χ0v) is 12.3. The van der Waals surface area contributed by atoms with Crippen LogP contribution in [0.2, 0.25) is 0 Å². The lowest BCUT2D eigenvalue weighted by Gasteiger charge is -2.17. The summed E-state index contributed by atoms with van der Waals surface area (Å²) < 4.78 is 5.61. The molecular formula is C17H13N3O3. The first kappa shape index (κ1) is 13.7. The minimum Gasteiger partial charge on any atom is -0.417 e. The van der Waals surface area contributed by atoms with Gasteiger partial charge < -0.3 is 14.4 Å². The number of carbonyl (C=O) groups excluding carboxylic acids is 1. The van der Waals surface area contributed by atoms with Crippen LogP contribution in [0, 0.1) is 0 Å². The highest BCUT2D eigenvalue weighted by Gasteiger charge is 2.54.